The second kappa shape index (κ2) is 6.51. The molecule has 0 aliphatic carbocycles. The van der Waals surface area contributed by atoms with E-state index in [9.17, 15) is 9.59 Å². The maximum Gasteiger partial charge on any atom is 0.303 e. The molecule has 1 aromatic carbocycles. The van der Waals surface area contributed by atoms with Gasteiger partial charge in [0.2, 0.25) is 5.91 Å². The van der Waals surface area contributed by atoms with E-state index in [0.29, 0.717) is 13.0 Å². The molecule has 0 fully saturated rings. The molecular weight excluding hydrogens is 270 g/mol. The summed E-state index contributed by atoms with van der Waals surface area (Å²) in [5.41, 5.74) is 13.2. The summed E-state index contributed by atoms with van der Waals surface area (Å²) in [5.74, 6) is -1.25. The van der Waals surface area contributed by atoms with Crippen molar-refractivity contribution >= 4 is 22.8 Å². The fourth-order valence-electron chi connectivity index (χ4n) is 2.37. The zero-order chi connectivity index (χ0) is 15.4. The number of rotatable bonds is 6. The number of carboxylic acid groups (broad SMARTS) is 1. The first-order chi connectivity index (χ1) is 10.0. The maximum atomic E-state index is 12.4. The Morgan fingerprint density at radius 2 is 2.00 bits per heavy atom. The summed E-state index contributed by atoms with van der Waals surface area (Å²) in [6.45, 7) is 0.493. The average molecular weight is 289 g/mol. The van der Waals surface area contributed by atoms with E-state index in [4.69, 9.17) is 16.6 Å². The van der Waals surface area contributed by atoms with Crippen molar-refractivity contribution in [2.45, 2.75) is 25.3 Å². The molecule has 1 aromatic heterocycles. The van der Waals surface area contributed by atoms with E-state index < -0.39 is 12.0 Å². The number of para-hydroxylation sites is 1. The maximum absolute atomic E-state index is 12.4. The molecule has 6 heteroatoms. The lowest BCUT2D eigenvalue weighted by Crippen LogP contribution is -2.34. The Hall–Kier alpha value is -2.18. The van der Waals surface area contributed by atoms with Crippen LogP contribution in [0.1, 0.15) is 23.2 Å². The van der Waals surface area contributed by atoms with Crippen LogP contribution in [-0.4, -0.2) is 34.1 Å². The van der Waals surface area contributed by atoms with Crippen LogP contribution in [0.2, 0.25) is 0 Å². The van der Waals surface area contributed by atoms with Crippen molar-refractivity contribution in [3.63, 3.8) is 0 Å². The molecular formula is C15H19N3O3. The summed E-state index contributed by atoms with van der Waals surface area (Å²) in [4.78, 5) is 23.0. The fourth-order valence-corrected chi connectivity index (χ4v) is 2.37. The van der Waals surface area contributed by atoms with Crippen molar-refractivity contribution in [1.29, 1.82) is 0 Å². The number of hydrogen-bond donors (Lipinski definition) is 3. The number of aliphatic carboxylic acids is 1. The topological polar surface area (TPSA) is 111 Å². The lowest BCUT2D eigenvalue weighted by molar-refractivity contribution is -0.137. The lowest BCUT2D eigenvalue weighted by atomic mass is 10.1. The van der Waals surface area contributed by atoms with E-state index in [1.165, 1.54) is 4.57 Å². The first kappa shape index (κ1) is 15.2. The van der Waals surface area contributed by atoms with E-state index in [2.05, 4.69) is 0 Å². The third-order valence-electron chi connectivity index (χ3n) is 3.43. The quantitative estimate of drug-likeness (QED) is 0.734. The van der Waals surface area contributed by atoms with Gasteiger partial charge in [-0.1, -0.05) is 18.2 Å². The van der Waals surface area contributed by atoms with Crippen molar-refractivity contribution in [2.75, 3.05) is 6.54 Å². The Kier molecular flexibility index (Phi) is 4.72. The van der Waals surface area contributed by atoms with Crippen molar-refractivity contribution in [3.8, 4) is 0 Å². The molecule has 0 aliphatic heterocycles. The SMILES string of the molecule is NCCc1cn(C(=O)C(N)CCC(=O)O)c2ccccc12. The van der Waals surface area contributed by atoms with Gasteiger partial charge in [0.1, 0.15) is 0 Å². The van der Waals surface area contributed by atoms with Crippen LogP contribution in [0.3, 0.4) is 0 Å². The molecule has 0 saturated heterocycles. The minimum absolute atomic E-state index is 0.118. The third-order valence-corrected chi connectivity index (χ3v) is 3.43. The van der Waals surface area contributed by atoms with E-state index >= 15 is 0 Å². The Balaban J connectivity index is 2.32. The van der Waals surface area contributed by atoms with Gasteiger partial charge in [-0.05, 0) is 31.0 Å². The molecule has 1 unspecified atom stereocenters. The Morgan fingerprint density at radius 3 is 2.67 bits per heavy atom. The van der Waals surface area contributed by atoms with E-state index in [1.807, 2.05) is 24.3 Å². The number of nitrogens with two attached hydrogens (primary N) is 2. The van der Waals surface area contributed by atoms with Gasteiger partial charge >= 0.3 is 5.97 Å². The van der Waals surface area contributed by atoms with Crippen LogP contribution in [-0.2, 0) is 11.2 Å². The summed E-state index contributed by atoms with van der Waals surface area (Å²) in [6.07, 6.45) is 2.42. The number of fused-ring (bicyclic) bond motifs is 1. The van der Waals surface area contributed by atoms with Crippen molar-refractivity contribution in [2.24, 2.45) is 11.5 Å². The molecule has 5 N–H and O–H groups in total. The highest BCUT2D eigenvalue weighted by Crippen LogP contribution is 2.22. The first-order valence-corrected chi connectivity index (χ1v) is 6.85. The fraction of sp³-hybridized carbons (Fsp3) is 0.333. The molecule has 1 heterocycles. The Labute approximate surface area is 122 Å². The van der Waals surface area contributed by atoms with Gasteiger partial charge in [0.25, 0.3) is 0 Å². The first-order valence-electron chi connectivity index (χ1n) is 6.85. The van der Waals surface area contributed by atoms with Gasteiger partial charge in [-0.15, -0.1) is 0 Å². The zero-order valence-corrected chi connectivity index (χ0v) is 11.7. The predicted octanol–water partition coefficient (Wildman–Crippen LogP) is 0.975. The largest absolute Gasteiger partial charge is 0.481 e. The number of aromatic nitrogens is 1. The smallest absolute Gasteiger partial charge is 0.303 e. The summed E-state index contributed by atoms with van der Waals surface area (Å²) >= 11 is 0. The second-order valence-corrected chi connectivity index (χ2v) is 4.96. The minimum Gasteiger partial charge on any atom is -0.481 e. The number of carboxylic acids is 1. The number of nitrogens with zero attached hydrogens (tertiary/aromatic N) is 1. The van der Waals surface area contributed by atoms with Crippen LogP contribution < -0.4 is 11.5 Å². The van der Waals surface area contributed by atoms with Gasteiger partial charge < -0.3 is 16.6 Å². The standard InChI is InChI=1S/C15H19N3O3/c16-8-7-10-9-18(13-4-2-1-3-11(10)13)15(21)12(17)5-6-14(19)20/h1-4,9,12H,5-8,16-17H2,(H,19,20). The van der Waals surface area contributed by atoms with Gasteiger partial charge in [-0.3, -0.25) is 14.2 Å². The number of benzene rings is 1. The highest BCUT2D eigenvalue weighted by molar-refractivity contribution is 5.96. The normalized spacial score (nSPS) is 12.5. The Morgan fingerprint density at radius 1 is 1.29 bits per heavy atom. The van der Waals surface area contributed by atoms with Crippen LogP contribution >= 0.6 is 0 Å². The van der Waals surface area contributed by atoms with Gasteiger partial charge in [0, 0.05) is 18.0 Å². The molecule has 6 nitrogen and oxygen atoms in total. The number of carbonyl (C=O) groups is 2. The lowest BCUT2D eigenvalue weighted by Gasteiger charge is -2.10. The second-order valence-electron chi connectivity index (χ2n) is 4.96. The molecule has 0 spiro atoms. The van der Waals surface area contributed by atoms with E-state index in [-0.39, 0.29) is 18.7 Å². The van der Waals surface area contributed by atoms with Gasteiger partial charge in [0.05, 0.1) is 11.6 Å². The van der Waals surface area contributed by atoms with Crippen LogP contribution in [0.5, 0.6) is 0 Å². The van der Waals surface area contributed by atoms with Crippen molar-refractivity contribution in [1.82, 2.24) is 4.57 Å². The average Bonchev–Trinajstić information content (AvgIpc) is 2.83. The zero-order valence-electron chi connectivity index (χ0n) is 11.7. The summed E-state index contributed by atoms with van der Waals surface area (Å²) in [6, 6.07) is 6.70. The summed E-state index contributed by atoms with van der Waals surface area (Å²) in [5, 5.41) is 9.65. The highest BCUT2D eigenvalue weighted by Gasteiger charge is 2.19. The Bertz CT molecular complexity index is 663. The molecule has 0 amide bonds. The molecule has 2 aromatic rings. The molecule has 21 heavy (non-hydrogen) atoms. The summed E-state index contributed by atoms with van der Waals surface area (Å²) < 4.78 is 1.51. The van der Waals surface area contributed by atoms with Crippen LogP contribution in [0.25, 0.3) is 10.9 Å². The minimum atomic E-state index is -0.959. The summed E-state index contributed by atoms with van der Waals surface area (Å²) in [7, 11) is 0. The van der Waals surface area contributed by atoms with Crippen LogP contribution in [0.15, 0.2) is 30.5 Å². The van der Waals surface area contributed by atoms with Crippen LogP contribution in [0, 0.1) is 0 Å². The molecule has 2 rings (SSSR count). The van der Waals surface area contributed by atoms with E-state index in [1.54, 1.807) is 6.20 Å². The molecule has 1 atom stereocenters. The number of carbonyl (C=O) groups excluding carboxylic acids is 1. The molecule has 0 bridgehead atoms. The molecule has 0 saturated carbocycles. The highest BCUT2D eigenvalue weighted by atomic mass is 16.4. The third kappa shape index (κ3) is 3.29. The van der Waals surface area contributed by atoms with Crippen LogP contribution in [0.4, 0.5) is 0 Å². The molecule has 0 radical (unpaired) electrons. The van der Waals surface area contributed by atoms with Crippen molar-refractivity contribution < 1.29 is 14.7 Å². The number of hydrogen-bond acceptors (Lipinski definition) is 4. The van der Waals surface area contributed by atoms with Gasteiger partial charge in [0.15, 0.2) is 0 Å². The van der Waals surface area contributed by atoms with E-state index in [0.717, 1.165) is 16.5 Å². The van der Waals surface area contributed by atoms with Gasteiger partial charge in [-0.2, -0.15) is 0 Å². The van der Waals surface area contributed by atoms with Crippen molar-refractivity contribution in [3.05, 3.63) is 36.0 Å². The molecule has 112 valence electrons. The predicted molar refractivity (Wildman–Crippen MR) is 80.2 cm³/mol. The molecule has 0 aliphatic rings. The monoisotopic (exact) mass is 289 g/mol. The van der Waals surface area contributed by atoms with Gasteiger partial charge in [-0.25, -0.2) is 0 Å².